The number of alkyl halides is 3. The molecule has 1 unspecified atom stereocenters. The number of urea groups is 1. The van der Waals surface area contributed by atoms with Gasteiger partial charge in [0.2, 0.25) is 5.82 Å². The highest BCUT2D eigenvalue weighted by Crippen LogP contribution is 2.40. The number of aromatic nitrogens is 3. The SMILES string of the molecule is Cc1nc(C(=O)N[C@H](C)C(F)(F)F)nc2c1N1CCCC(C1)N2C(=O)Nc1cc(OC[C@H](O)CO)ccn1. The van der Waals surface area contributed by atoms with Crippen LogP contribution in [0.3, 0.4) is 0 Å². The molecule has 2 bridgehead atoms. The molecule has 2 aromatic rings. The molecule has 4 rings (SSSR count). The summed E-state index contributed by atoms with van der Waals surface area (Å²) in [5.74, 6) is -1.04. The van der Waals surface area contributed by atoms with Gasteiger partial charge in [-0.15, -0.1) is 0 Å². The van der Waals surface area contributed by atoms with Gasteiger partial charge in [0, 0.05) is 25.4 Å². The molecule has 3 atom stereocenters. The minimum atomic E-state index is -4.64. The molecule has 206 valence electrons. The Morgan fingerprint density at radius 1 is 1.32 bits per heavy atom. The fraction of sp³-hybridized carbons (Fsp3) is 0.522. The largest absolute Gasteiger partial charge is 0.491 e. The summed E-state index contributed by atoms with van der Waals surface area (Å²) in [7, 11) is 0. The predicted molar refractivity (Wildman–Crippen MR) is 129 cm³/mol. The van der Waals surface area contributed by atoms with Crippen molar-refractivity contribution in [3.63, 3.8) is 0 Å². The summed E-state index contributed by atoms with van der Waals surface area (Å²) in [6, 6.07) is -0.0849. The first-order chi connectivity index (χ1) is 18.0. The van der Waals surface area contributed by atoms with E-state index in [1.165, 1.54) is 23.2 Å². The Kier molecular flexibility index (Phi) is 7.87. The minimum Gasteiger partial charge on any atom is -0.491 e. The first-order valence-corrected chi connectivity index (χ1v) is 12.0. The van der Waals surface area contributed by atoms with Crippen molar-refractivity contribution in [2.24, 2.45) is 0 Å². The van der Waals surface area contributed by atoms with Crippen LogP contribution in [0.25, 0.3) is 0 Å². The molecular weight excluding hydrogens is 511 g/mol. The van der Waals surface area contributed by atoms with E-state index in [1.807, 2.05) is 10.2 Å². The maximum Gasteiger partial charge on any atom is 0.408 e. The average Bonchev–Trinajstić information content (AvgIpc) is 2.86. The van der Waals surface area contributed by atoms with E-state index in [4.69, 9.17) is 9.84 Å². The number of aliphatic hydroxyl groups is 2. The van der Waals surface area contributed by atoms with E-state index in [9.17, 15) is 27.9 Å². The predicted octanol–water partition coefficient (Wildman–Crippen LogP) is 1.61. The molecule has 15 heteroatoms. The maximum absolute atomic E-state index is 13.5. The lowest BCUT2D eigenvalue weighted by Crippen LogP contribution is -2.56. The zero-order valence-corrected chi connectivity index (χ0v) is 20.7. The Bertz CT molecular complexity index is 1200. The van der Waals surface area contributed by atoms with Gasteiger partial charge in [-0.1, -0.05) is 0 Å². The molecule has 1 saturated heterocycles. The van der Waals surface area contributed by atoms with Gasteiger partial charge < -0.3 is 25.2 Å². The van der Waals surface area contributed by atoms with Gasteiger partial charge in [-0.2, -0.15) is 13.2 Å². The zero-order chi connectivity index (χ0) is 27.6. The van der Waals surface area contributed by atoms with E-state index >= 15 is 0 Å². The monoisotopic (exact) mass is 539 g/mol. The normalized spacial score (nSPS) is 18.3. The van der Waals surface area contributed by atoms with Gasteiger partial charge in [0.25, 0.3) is 5.91 Å². The van der Waals surface area contributed by atoms with Crippen LogP contribution in [0, 0.1) is 6.92 Å². The van der Waals surface area contributed by atoms with E-state index < -0.39 is 42.7 Å². The van der Waals surface area contributed by atoms with Crippen LogP contribution in [0.4, 0.5) is 35.3 Å². The molecule has 1 fully saturated rings. The number of hydrogen-bond donors (Lipinski definition) is 4. The Hall–Kier alpha value is -3.72. The highest BCUT2D eigenvalue weighted by Gasteiger charge is 2.41. The van der Waals surface area contributed by atoms with Crippen LogP contribution in [-0.2, 0) is 0 Å². The van der Waals surface area contributed by atoms with Crippen molar-refractivity contribution < 1.29 is 37.7 Å². The number of fused-ring (bicyclic) bond motifs is 4. The van der Waals surface area contributed by atoms with E-state index in [-0.39, 0.29) is 24.3 Å². The molecule has 0 saturated carbocycles. The molecule has 0 radical (unpaired) electrons. The summed E-state index contributed by atoms with van der Waals surface area (Å²) < 4.78 is 44.3. The van der Waals surface area contributed by atoms with Crippen molar-refractivity contribution in [2.45, 2.75) is 51.1 Å². The minimum absolute atomic E-state index is 0.120. The number of pyridine rings is 1. The van der Waals surface area contributed by atoms with Crippen molar-refractivity contribution in [2.75, 3.05) is 41.4 Å². The molecule has 38 heavy (non-hydrogen) atoms. The number of piperidine rings is 1. The standard InChI is InChI=1S/C23H28F3N7O5/c1-12-18-20(31-19(28-12)21(36)29-13(2)23(24,25)26)33(14-4-3-7-32(18)9-14)22(37)30-17-8-16(5-6-27-17)38-11-15(35)10-34/h5-6,8,13-15,34-35H,3-4,7,9-11H2,1-2H3,(H,29,36)(H,27,30,37)/t13-,14?,15-/m1/s1. The average molecular weight is 540 g/mol. The second-order valence-corrected chi connectivity index (χ2v) is 9.11. The number of rotatable bonds is 7. The number of ether oxygens (including phenoxy) is 1. The zero-order valence-electron chi connectivity index (χ0n) is 20.7. The fourth-order valence-electron chi connectivity index (χ4n) is 4.32. The van der Waals surface area contributed by atoms with Crippen LogP contribution < -0.4 is 25.2 Å². The summed E-state index contributed by atoms with van der Waals surface area (Å²) >= 11 is 0. The Morgan fingerprint density at radius 3 is 2.79 bits per heavy atom. The van der Waals surface area contributed by atoms with Crippen LogP contribution in [0.2, 0.25) is 0 Å². The number of halogens is 3. The smallest absolute Gasteiger partial charge is 0.408 e. The fourth-order valence-corrected chi connectivity index (χ4v) is 4.32. The van der Waals surface area contributed by atoms with Crippen LogP contribution in [0.15, 0.2) is 18.3 Å². The maximum atomic E-state index is 13.5. The van der Waals surface area contributed by atoms with Gasteiger partial charge in [-0.05, 0) is 32.8 Å². The number of aryl methyl sites for hydroxylation is 1. The van der Waals surface area contributed by atoms with Gasteiger partial charge in [0.15, 0.2) is 5.82 Å². The number of carbonyl (C=O) groups excluding carboxylic acids is 2. The summed E-state index contributed by atoms with van der Waals surface area (Å²) in [6.45, 7) is 2.96. The van der Waals surface area contributed by atoms with Gasteiger partial charge in [0.05, 0.1) is 18.3 Å². The lowest BCUT2D eigenvalue weighted by atomic mass is 9.99. The van der Waals surface area contributed by atoms with E-state index in [0.717, 1.165) is 13.3 Å². The Labute approximate surface area is 215 Å². The summed E-state index contributed by atoms with van der Waals surface area (Å²) in [4.78, 5) is 42.0. The highest BCUT2D eigenvalue weighted by atomic mass is 19.4. The molecule has 3 amide bonds. The molecule has 4 heterocycles. The lowest BCUT2D eigenvalue weighted by molar-refractivity contribution is -0.149. The number of hydrogen-bond acceptors (Lipinski definition) is 9. The van der Waals surface area contributed by atoms with Gasteiger partial charge >= 0.3 is 12.2 Å². The highest BCUT2D eigenvalue weighted by molar-refractivity contribution is 6.04. The molecule has 2 aliphatic rings. The number of nitrogens with one attached hydrogen (secondary N) is 2. The topological polar surface area (TPSA) is 153 Å². The van der Waals surface area contributed by atoms with E-state index in [0.29, 0.717) is 36.6 Å². The van der Waals surface area contributed by atoms with Crippen LogP contribution in [0.5, 0.6) is 5.75 Å². The molecule has 0 spiro atoms. The lowest BCUT2D eigenvalue weighted by Gasteiger charge is -2.46. The Balaban J connectivity index is 1.62. The van der Waals surface area contributed by atoms with Crippen LogP contribution in [0.1, 0.15) is 36.1 Å². The number of nitrogens with zero attached hydrogens (tertiary/aromatic N) is 5. The molecule has 4 N–H and O–H groups in total. The third kappa shape index (κ3) is 5.88. The van der Waals surface area contributed by atoms with Crippen molar-refractivity contribution >= 4 is 29.3 Å². The molecule has 0 aliphatic carbocycles. The van der Waals surface area contributed by atoms with Crippen LogP contribution in [-0.4, -0.2) is 87.8 Å². The molecule has 0 aromatic carbocycles. The Morgan fingerprint density at radius 2 is 2.08 bits per heavy atom. The van der Waals surface area contributed by atoms with Gasteiger partial charge in [-0.25, -0.2) is 19.7 Å². The summed E-state index contributed by atoms with van der Waals surface area (Å²) in [5, 5.41) is 23.0. The molecule has 2 aliphatic heterocycles. The molecular formula is C23H28F3N7O5. The van der Waals surface area contributed by atoms with Crippen molar-refractivity contribution in [1.29, 1.82) is 0 Å². The van der Waals surface area contributed by atoms with Crippen molar-refractivity contribution in [3.8, 4) is 5.75 Å². The number of amides is 3. The summed E-state index contributed by atoms with van der Waals surface area (Å²) in [6.07, 6.45) is -2.90. The number of carbonyl (C=O) groups is 2. The molecule has 12 nitrogen and oxygen atoms in total. The molecule has 2 aromatic heterocycles. The van der Waals surface area contributed by atoms with Crippen molar-refractivity contribution in [3.05, 3.63) is 29.8 Å². The third-order valence-corrected chi connectivity index (χ3v) is 6.23. The number of aliphatic hydroxyl groups excluding tert-OH is 2. The van der Waals surface area contributed by atoms with Gasteiger partial charge in [0.1, 0.15) is 36.0 Å². The second-order valence-electron chi connectivity index (χ2n) is 9.11. The second kappa shape index (κ2) is 10.9. The summed E-state index contributed by atoms with van der Waals surface area (Å²) in [5.41, 5.74) is 0.883. The van der Waals surface area contributed by atoms with Gasteiger partial charge in [-0.3, -0.25) is 15.0 Å². The first kappa shape index (κ1) is 27.3. The van der Waals surface area contributed by atoms with E-state index in [2.05, 4.69) is 20.3 Å². The third-order valence-electron chi connectivity index (χ3n) is 6.23. The first-order valence-electron chi connectivity index (χ1n) is 12.0. The quantitative estimate of drug-likeness (QED) is 0.411. The van der Waals surface area contributed by atoms with Crippen molar-refractivity contribution in [1.82, 2.24) is 20.3 Å². The van der Waals surface area contributed by atoms with Crippen LogP contribution >= 0.6 is 0 Å². The van der Waals surface area contributed by atoms with E-state index in [1.54, 1.807) is 6.92 Å². The number of anilines is 3.